The molecule has 3 aromatic rings. The number of carbonyl (C=O) groups excluding carboxylic acids is 1. The van der Waals surface area contributed by atoms with E-state index in [1.54, 1.807) is 11.3 Å². The van der Waals surface area contributed by atoms with Crippen LogP contribution in [0, 0.1) is 5.92 Å². The van der Waals surface area contributed by atoms with Gasteiger partial charge in [-0.1, -0.05) is 35.6 Å². The Morgan fingerprint density at radius 1 is 1.10 bits per heavy atom. The Morgan fingerprint density at radius 2 is 1.79 bits per heavy atom. The van der Waals surface area contributed by atoms with Gasteiger partial charge in [-0.3, -0.25) is 4.79 Å². The van der Waals surface area contributed by atoms with Crippen molar-refractivity contribution in [3.63, 3.8) is 0 Å². The number of para-hydroxylation sites is 1. The number of alkyl halides is 3. The number of rotatable bonds is 4. The zero-order valence-electron chi connectivity index (χ0n) is 15.6. The molecule has 0 atom stereocenters. The van der Waals surface area contributed by atoms with Gasteiger partial charge in [-0.05, 0) is 42.7 Å². The topological polar surface area (TPSA) is 45.2 Å². The van der Waals surface area contributed by atoms with Crippen molar-refractivity contribution in [1.82, 2.24) is 10.3 Å². The van der Waals surface area contributed by atoms with Crippen molar-refractivity contribution in [3.05, 3.63) is 59.7 Å². The summed E-state index contributed by atoms with van der Waals surface area (Å²) < 4.78 is 39.0. The van der Waals surface area contributed by atoms with Gasteiger partial charge in [0.2, 0.25) is 5.91 Å². The van der Waals surface area contributed by atoms with Crippen molar-refractivity contribution in [2.75, 3.05) is 18.0 Å². The molecule has 1 aliphatic rings. The molecule has 1 N–H and O–H groups in total. The van der Waals surface area contributed by atoms with Crippen molar-refractivity contribution < 1.29 is 18.0 Å². The molecule has 152 valence electrons. The van der Waals surface area contributed by atoms with Gasteiger partial charge < -0.3 is 10.2 Å². The van der Waals surface area contributed by atoms with Gasteiger partial charge in [-0.15, -0.1) is 0 Å². The van der Waals surface area contributed by atoms with E-state index in [0.717, 1.165) is 53.4 Å². The number of thiazole rings is 1. The van der Waals surface area contributed by atoms with Gasteiger partial charge in [0.25, 0.3) is 0 Å². The summed E-state index contributed by atoms with van der Waals surface area (Å²) in [7, 11) is 0. The van der Waals surface area contributed by atoms with Crippen LogP contribution in [0.5, 0.6) is 0 Å². The molecule has 1 aliphatic heterocycles. The van der Waals surface area contributed by atoms with Crippen molar-refractivity contribution in [2.24, 2.45) is 5.92 Å². The number of carbonyl (C=O) groups is 1. The van der Waals surface area contributed by atoms with E-state index >= 15 is 0 Å². The minimum Gasteiger partial charge on any atom is -0.352 e. The monoisotopic (exact) mass is 419 g/mol. The third-order valence-corrected chi connectivity index (χ3v) is 6.26. The first-order valence-electron chi connectivity index (χ1n) is 9.44. The number of nitrogens with zero attached hydrogens (tertiary/aromatic N) is 2. The van der Waals surface area contributed by atoms with Gasteiger partial charge in [-0.2, -0.15) is 13.2 Å². The molecule has 0 bridgehead atoms. The molecular weight excluding hydrogens is 399 g/mol. The van der Waals surface area contributed by atoms with E-state index in [4.69, 9.17) is 0 Å². The van der Waals surface area contributed by atoms with Gasteiger partial charge in [0.05, 0.1) is 15.8 Å². The summed E-state index contributed by atoms with van der Waals surface area (Å²) in [5.74, 6) is -0.135. The normalized spacial score (nSPS) is 15.6. The summed E-state index contributed by atoms with van der Waals surface area (Å²) in [4.78, 5) is 19.3. The molecule has 29 heavy (non-hydrogen) atoms. The van der Waals surface area contributed by atoms with E-state index in [0.29, 0.717) is 5.56 Å². The smallest absolute Gasteiger partial charge is 0.352 e. The second-order valence-electron chi connectivity index (χ2n) is 7.14. The Kier molecular flexibility index (Phi) is 5.45. The fourth-order valence-electron chi connectivity index (χ4n) is 3.47. The van der Waals surface area contributed by atoms with Crippen molar-refractivity contribution in [3.8, 4) is 0 Å². The second kappa shape index (κ2) is 8.02. The van der Waals surface area contributed by atoms with Crippen molar-refractivity contribution in [2.45, 2.75) is 25.6 Å². The zero-order valence-corrected chi connectivity index (χ0v) is 16.4. The molecule has 1 saturated heterocycles. The molecule has 4 rings (SSSR count). The van der Waals surface area contributed by atoms with Crippen LogP contribution in [0.15, 0.2) is 48.5 Å². The average Bonchev–Trinajstić information content (AvgIpc) is 3.16. The second-order valence-corrected chi connectivity index (χ2v) is 8.15. The maximum Gasteiger partial charge on any atom is 0.416 e. The number of hydrogen-bond donors (Lipinski definition) is 1. The van der Waals surface area contributed by atoms with E-state index in [2.05, 4.69) is 21.3 Å². The molecule has 2 aromatic carbocycles. The molecule has 0 saturated carbocycles. The first-order valence-corrected chi connectivity index (χ1v) is 10.3. The lowest BCUT2D eigenvalue weighted by atomic mass is 9.96. The van der Waals surface area contributed by atoms with Crippen molar-refractivity contribution in [1.29, 1.82) is 0 Å². The highest BCUT2D eigenvalue weighted by Gasteiger charge is 2.30. The molecule has 4 nitrogen and oxygen atoms in total. The predicted molar refractivity (Wildman–Crippen MR) is 108 cm³/mol. The average molecular weight is 419 g/mol. The number of amides is 1. The van der Waals surface area contributed by atoms with Gasteiger partial charge in [0.15, 0.2) is 5.13 Å². The number of halogens is 3. The molecule has 0 unspecified atom stereocenters. The quantitative estimate of drug-likeness (QED) is 0.658. The molecule has 1 amide bonds. The van der Waals surface area contributed by atoms with Crippen LogP contribution in [0.3, 0.4) is 0 Å². The van der Waals surface area contributed by atoms with Crippen LogP contribution >= 0.6 is 11.3 Å². The van der Waals surface area contributed by atoms with Crippen LogP contribution < -0.4 is 10.2 Å². The summed E-state index contributed by atoms with van der Waals surface area (Å²) in [6, 6.07) is 12.9. The fourth-order valence-corrected chi connectivity index (χ4v) is 4.49. The minimum absolute atomic E-state index is 0.0474. The Labute approximate surface area is 170 Å². The van der Waals surface area contributed by atoms with E-state index in [1.165, 1.54) is 12.1 Å². The van der Waals surface area contributed by atoms with E-state index in [-0.39, 0.29) is 18.4 Å². The Hall–Kier alpha value is -2.61. The summed E-state index contributed by atoms with van der Waals surface area (Å²) in [6.07, 6.45) is -2.89. The number of piperidine rings is 1. The molecule has 0 spiro atoms. The van der Waals surface area contributed by atoms with Crippen LogP contribution in [0.4, 0.5) is 18.3 Å². The number of aromatic nitrogens is 1. The van der Waals surface area contributed by atoms with Gasteiger partial charge >= 0.3 is 6.18 Å². The standard InChI is InChI=1S/C21H20F3N3OS/c22-21(23,24)16-7-5-14(6-8-16)13-25-19(28)15-9-11-27(12-10-15)20-26-17-3-1-2-4-18(17)29-20/h1-8,15H,9-13H2,(H,25,28). The van der Waals surface area contributed by atoms with Crippen LogP contribution in [-0.2, 0) is 17.5 Å². The van der Waals surface area contributed by atoms with Gasteiger partial charge in [0, 0.05) is 25.6 Å². The molecule has 0 radical (unpaired) electrons. The fraction of sp³-hybridized carbons (Fsp3) is 0.333. The Morgan fingerprint density at radius 3 is 2.45 bits per heavy atom. The predicted octanol–water partition coefficient (Wildman–Crippen LogP) is 4.85. The molecule has 1 aromatic heterocycles. The largest absolute Gasteiger partial charge is 0.416 e. The first kappa shape index (κ1) is 19.7. The van der Waals surface area contributed by atoms with Gasteiger partial charge in [0.1, 0.15) is 0 Å². The lowest BCUT2D eigenvalue weighted by molar-refractivity contribution is -0.137. The lowest BCUT2D eigenvalue weighted by Crippen LogP contribution is -2.40. The number of hydrogen-bond acceptors (Lipinski definition) is 4. The summed E-state index contributed by atoms with van der Waals surface area (Å²) in [6.45, 7) is 1.76. The van der Waals surface area contributed by atoms with Gasteiger partial charge in [-0.25, -0.2) is 4.98 Å². The number of benzene rings is 2. The molecule has 1 fully saturated rings. The first-order chi connectivity index (χ1) is 13.9. The highest BCUT2D eigenvalue weighted by atomic mass is 32.1. The summed E-state index contributed by atoms with van der Waals surface area (Å²) >= 11 is 1.66. The van der Waals surface area contributed by atoms with E-state index < -0.39 is 11.7 Å². The maximum absolute atomic E-state index is 12.6. The highest BCUT2D eigenvalue weighted by molar-refractivity contribution is 7.22. The van der Waals surface area contributed by atoms with Crippen LogP contribution in [0.2, 0.25) is 0 Å². The van der Waals surface area contributed by atoms with E-state index in [1.807, 2.05) is 18.2 Å². The molecule has 2 heterocycles. The zero-order chi connectivity index (χ0) is 20.4. The lowest BCUT2D eigenvalue weighted by Gasteiger charge is -2.31. The van der Waals surface area contributed by atoms with Crippen LogP contribution in [0.25, 0.3) is 10.2 Å². The molecule has 0 aliphatic carbocycles. The van der Waals surface area contributed by atoms with E-state index in [9.17, 15) is 18.0 Å². The number of anilines is 1. The Bertz CT molecular complexity index is 959. The minimum atomic E-state index is -4.35. The number of fused-ring (bicyclic) bond motifs is 1. The molecule has 8 heteroatoms. The SMILES string of the molecule is O=C(NCc1ccc(C(F)(F)F)cc1)C1CCN(c2nc3ccccc3s2)CC1. The third-order valence-electron chi connectivity index (χ3n) is 5.17. The maximum atomic E-state index is 12.6. The van der Waals surface area contributed by atoms with Crippen molar-refractivity contribution >= 4 is 32.6 Å². The Balaban J connectivity index is 1.28. The third kappa shape index (κ3) is 4.53. The van der Waals surface area contributed by atoms with Crippen LogP contribution in [0.1, 0.15) is 24.0 Å². The molecular formula is C21H20F3N3OS. The number of nitrogens with one attached hydrogen (secondary N) is 1. The summed E-state index contributed by atoms with van der Waals surface area (Å²) in [5, 5.41) is 3.83. The summed E-state index contributed by atoms with van der Waals surface area (Å²) in [5.41, 5.74) is 0.956. The highest BCUT2D eigenvalue weighted by Crippen LogP contribution is 2.31. The van der Waals surface area contributed by atoms with Crippen LogP contribution in [-0.4, -0.2) is 24.0 Å².